The van der Waals surface area contributed by atoms with E-state index in [2.05, 4.69) is 31.2 Å². The Hall–Kier alpha value is -2.47. The van der Waals surface area contributed by atoms with Crippen molar-refractivity contribution in [3.8, 4) is 11.3 Å². The lowest BCUT2D eigenvalue weighted by atomic mass is 10.1. The first-order chi connectivity index (χ1) is 12.1. The molecule has 0 bridgehead atoms. The summed E-state index contributed by atoms with van der Waals surface area (Å²) < 4.78 is 13.6. The van der Waals surface area contributed by atoms with Gasteiger partial charge in [-0.25, -0.2) is 9.37 Å². The van der Waals surface area contributed by atoms with Crippen LogP contribution in [0.5, 0.6) is 0 Å². The molecule has 1 aromatic heterocycles. The van der Waals surface area contributed by atoms with Crippen LogP contribution in [-0.4, -0.2) is 15.9 Å². The SMILES string of the molecule is CCC(NC(=O)c1ccc(F)cc1Br)c1ncc(-c2ccccc2)[nH]1. The molecule has 0 saturated carbocycles. The Labute approximate surface area is 153 Å². The van der Waals surface area contributed by atoms with Gasteiger partial charge in [0.25, 0.3) is 5.91 Å². The molecule has 1 heterocycles. The summed E-state index contributed by atoms with van der Waals surface area (Å²) in [4.78, 5) is 20.2. The molecule has 25 heavy (non-hydrogen) atoms. The van der Waals surface area contributed by atoms with Crippen molar-refractivity contribution in [2.75, 3.05) is 0 Å². The van der Waals surface area contributed by atoms with E-state index < -0.39 is 5.82 Å². The third-order valence-corrected chi connectivity index (χ3v) is 4.56. The number of aromatic amines is 1. The van der Waals surface area contributed by atoms with Crippen LogP contribution in [0.4, 0.5) is 4.39 Å². The second-order valence-corrected chi connectivity index (χ2v) is 6.46. The van der Waals surface area contributed by atoms with Gasteiger partial charge in [-0.1, -0.05) is 37.3 Å². The minimum atomic E-state index is -0.394. The zero-order valence-corrected chi connectivity index (χ0v) is 15.2. The Morgan fingerprint density at radius 2 is 2.04 bits per heavy atom. The minimum Gasteiger partial charge on any atom is -0.342 e. The summed E-state index contributed by atoms with van der Waals surface area (Å²) in [5, 5.41) is 2.94. The summed E-state index contributed by atoms with van der Waals surface area (Å²) in [6, 6.07) is 13.6. The molecule has 0 radical (unpaired) electrons. The van der Waals surface area contributed by atoms with E-state index in [4.69, 9.17) is 0 Å². The lowest BCUT2D eigenvalue weighted by Crippen LogP contribution is -2.29. The number of amides is 1. The normalized spacial score (nSPS) is 12.0. The van der Waals surface area contributed by atoms with Gasteiger partial charge in [0.1, 0.15) is 11.6 Å². The van der Waals surface area contributed by atoms with Crippen molar-refractivity contribution < 1.29 is 9.18 Å². The number of imidazole rings is 1. The van der Waals surface area contributed by atoms with Crippen molar-refractivity contribution in [2.45, 2.75) is 19.4 Å². The zero-order valence-electron chi connectivity index (χ0n) is 13.6. The van der Waals surface area contributed by atoms with E-state index in [0.717, 1.165) is 11.3 Å². The summed E-state index contributed by atoms with van der Waals surface area (Å²) in [6.07, 6.45) is 2.43. The van der Waals surface area contributed by atoms with Crippen LogP contribution in [0.25, 0.3) is 11.3 Å². The average Bonchev–Trinajstić information content (AvgIpc) is 3.10. The highest BCUT2D eigenvalue weighted by molar-refractivity contribution is 9.10. The third-order valence-electron chi connectivity index (χ3n) is 3.90. The molecule has 0 fully saturated rings. The van der Waals surface area contributed by atoms with Crippen molar-refractivity contribution in [1.82, 2.24) is 15.3 Å². The maximum absolute atomic E-state index is 13.2. The molecule has 6 heteroatoms. The molecule has 0 aliphatic heterocycles. The maximum atomic E-state index is 13.2. The van der Waals surface area contributed by atoms with Crippen LogP contribution in [0, 0.1) is 5.82 Å². The van der Waals surface area contributed by atoms with Crippen LogP contribution in [0.15, 0.2) is 59.2 Å². The molecule has 0 aliphatic carbocycles. The lowest BCUT2D eigenvalue weighted by Gasteiger charge is -2.15. The molecule has 2 N–H and O–H groups in total. The van der Waals surface area contributed by atoms with Gasteiger partial charge >= 0.3 is 0 Å². The van der Waals surface area contributed by atoms with Crippen LogP contribution in [0.1, 0.15) is 35.6 Å². The fourth-order valence-electron chi connectivity index (χ4n) is 2.55. The number of hydrogen-bond donors (Lipinski definition) is 2. The minimum absolute atomic E-state index is 0.262. The molecule has 1 amide bonds. The van der Waals surface area contributed by atoms with E-state index in [1.54, 1.807) is 6.20 Å². The van der Waals surface area contributed by atoms with Gasteiger partial charge in [0.15, 0.2) is 0 Å². The van der Waals surface area contributed by atoms with E-state index in [1.807, 2.05) is 37.3 Å². The van der Waals surface area contributed by atoms with E-state index in [1.165, 1.54) is 18.2 Å². The van der Waals surface area contributed by atoms with Crippen molar-refractivity contribution in [3.05, 3.63) is 76.4 Å². The van der Waals surface area contributed by atoms with Crippen molar-refractivity contribution >= 4 is 21.8 Å². The number of nitrogens with zero attached hydrogens (tertiary/aromatic N) is 1. The van der Waals surface area contributed by atoms with Crippen LogP contribution in [0.2, 0.25) is 0 Å². The number of carbonyl (C=O) groups is 1. The maximum Gasteiger partial charge on any atom is 0.253 e. The number of halogens is 2. The fourth-order valence-corrected chi connectivity index (χ4v) is 3.08. The topological polar surface area (TPSA) is 57.8 Å². The molecule has 0 saturated heterocycles. The first kappa shape index (κ1) is 17.4. The average molecular weight is 402 g/mol. The summed E-state index contributed by atoms with van der Waals surface area (Å²) >= 11 is 3.23. The molecule has 1 unspecified atom stereocenters. The summed E-state index contributed by atoms with van der Waals surface area (Å²) in [6.45, 7) is 1.97. The summed E-state index contributed by atoms with van der Waals surface area (Å²) in [7, 11) is 0. The second-order valence-electron chi connectivity index (χ2n) is 5.61. The molecule has 1 atom stereocenters. The molecule has 0 aliphatic rings. The molecule has 3 rings (SSSR count). The van der Waals surface area contributed by atoms with Crippen molar-refractivity contribution in [3.63, 3.8) is 0 Å². The number of nitrogens with one attached hydrogen (secondary N) is 2. The number of carbonyl (C=O) groups excluding carboxylic acids is 1. The van der Waals surface area contributed by atoms with E-state index >= 15 is 0 Å². The van der Waals surface area contributed by atoms with E-state index in [9.17, 15) is 9.18 Å². The van der Waals surface area contributed by atoms with Gasteiger partial charge in [-0.05, 0) is 46.1 Å². The number of benzene rings is 2. The quantitative estimate of drug-likeness (QED) is 0.641. The van der Waals surface area contributed by atoms with Crippen LogP contribution < -0.4 is 5.32 Å². The van der Waals surface area contributed by atoms with Crippen LogP contribution >= 0.6 is 15.9 Å². The standard InChI is InChI=1S/C19H17BrFN3O/c1-2-16(24-19(25)14-9-8-13(21)10-15(14)20)18-22-11-17(23-18)12-6-4-3-5-7-12/h3-11,16H,2H2,1H3,(H,22,23)(H,24,25). The monoisotopic (exact) mass is 401 g/mol. The molecule has 2 aromatic carbocycles. The Balaban J connectivity index is 1.79. The van der Waals surface area contributed by atoms with Gasteiger partial charge < -0.3 is 10.3 Å². The number of aromatic nitrogens is 2. The zero-order chi connectivity index (χ0) is 17.8. The fraction of sp³-hybridized carbons (Fsp3) is 0.158. The highest BCUT2D eigenvalue weighted by Crippen LogP contribution is 2.22. The molecule has 128 valence electrons. The van der Waals surface area contributed by atoms with Gasteiger partial charge in [0, 0.05) is 4.47 Å². The molecule has 4 nitrogen and oxygen atoms in total. The summed E-state index contributed by atoms with van der Waals surface area (Å²) in [5.74, 6) is 0.0123. The van der Waals surface area contributed by atoms with Gasteiger partial charge in [0.2, 0.25) is 0 Å². The largest absolute Gasteiger partial charge is 0.342 e. The van der Waals surface area contributed by atoms with Gasteiger partial charge in [0.05, 0.1) is 23.5 Å². The van der Waals surface area contributed by atoms with Gasteiger partial charge in [-0.2, -0.15) is 0 Å². The first-order valence-corrected chi connectivity index (χ1v) is 8.74. The van der Waals surface area contributed by atoms with E-state index in [-0.39, 0.29) is 11.9 Å². The Morgan fingerprint density at radius 3 is 2.72 bits per heavy atom. The number of rotatable bonds is 5. The second kappa shape index (κ2) is 7.61. The van der Waals surface area contributed by atoms with Gasteiger partial charge in [-0.15, -0.1) is 0 Å². The molecular weight excluding hydrogens is 385 g/mol. The van der Waals surface area contributed by atoms with E-state index in [0.29, 0.717) is 22.3 Å². The highest BCUT2D eigenvalue weighted by Gasteiger charge is 2.19. The Bertz CT molecular complexity index is 879. The predicted octanol–water partition coefficient (Wildman–Crippen LogP) is 4.86. The number of hydrogen-bond acceptors (Lipinski definition) is 2. The van der Waals surface area contributed by atoms with Gasteiger partial charge in [-0.3, -0.25) is 4.79 Å². The molecule has 0 spiro atoms. The van der Waals surface area contributed by atoms with Crippen molar-refractivity contribution in [1.29, 1.82) is 0 Å². The first-order valence-electron chi connectivity index (χ1n) is 7.94. The van der Waals surface area contributed by atoms with Crippen LogP contribution in [0.3, 0.4) is 0 Å². The molecule has 3 aromatic rings. The van der Waals surface area contributed by atoms with Crippen molar-refractivity contribution in [2.24, 2.45) is 0 Å². The molecular formula is C19H17BrFN3O. The lowest BCUT2D eigenvalue weighted by molar-refractivity contribution is 0.0933. The Kier molecular flexibility index (Phi) is 5.28. The number of H-pyrrole nitrogens is 1. The van der Waals surface area contributed by atoms with Crippen LogP contribution in [-0.2, 0) is 0 Å². The Morgan fingerprint density at radius 1 is 1.28 bits per heavy atom. The summed E-state index contributed by atoms with van der Waals surface area (Å²) in [5.41, 5.74) is 2.31. The third kappa shape index (κ3) is 3.96. The highest BCUT2D eigenvalue weighted by atomic mass is 79.9. The smallest absolute Gasteiger partial charge is 0.253 e. The predicted molar refractivity (Wildman–Crippen MR) is 98.6 cm³/mol.